The summed E-state index contributed by atoms with van der Waals surface area (Å²) in [4.78, 5) is 11.4. The fraction of sp³-hybridized carbons (Fsp3) is 0.400. The number of carbonyl (C=O) groups excluding carboxylic acids is 1. The van der Waals surface area contributed by atoms with E-state index >= 15 is 0 Å². The fourth-order valence-corrected chi connectivity index (χ4v) is 2.02. The second-order valence-corrected chi connectivity index (χ2v) is 5.36. The molecule has 0 radical (unpaired) electrons. The monoisotopic (exact) mass is 340 g/mol. The molecule has 0 saturated carbocycles. The molecule has 5 heteroatoms. The fourth-order valence-electron chi connectivity index (χ4n) is 1.61. The molecule has 3 N–H and O–H groups in total. The third-order valence-electron chi connectivity index (χ3n) is 2.84. The van der Waals surface area contributed by atoms with E-state index in [9.17, 15) is 4.79 Å². The Bertz CT molecular complexity index is 463. The highest BCUT2D eigenvalue weighted by Crippen LogP contribution is 2.24. The van der Waals surface area contributed by atoms with Crippen LogP contribution in [0.4, 0.5) is 0 Å². The molecule has 0 bridgehead atoms. The standard InChI is InChI=1S/C15H21BrN2O2/c1-3-7-18-15(19)10-20-13-5-6-14(16)11(9-13)8-12(17)4-2/h3,5-6,9,12H,1,4,7-8,10,17H2,2H3,(H,18,19). The molecule has 0 aliphatic carbocycles. The molecule has 20 heavy (non-hydrogen) atoms. The van der Waals surface area contributed by atoms with Crippen LogP contribution in [0.1, 0.15) is 18.9 Å². The lowest BCUT2D eigenvalue weighted by Crippen LogP contribution is -2.28. The Morgan fingerprint density at radius 2 is 2.35 bits per heavy atom. The molecule has 0 saturated heterocycles. The first-order valence-electron chi connectivity index (χ1n) is 6.61. The summed E-state index contributed by atoms with van der Waals surface area (Å²) < 4.78 is 6.47. The number of hydrogen-bond donors (Lipinski definition) is 2. The van der Waals surface area contributed by atoms with E-state index in [4.69, 9.17) is 10.5 Å². The van der Waals surface area contributed by atoms with Crippen molar-refractivity contribution in [1.82, 2.24) is 5.32 Å². The highest BCUT2D eigenvalue weighted by Gasteiger charge is 2.08. The van der Waals surface area contributed by atoms with Gasteiger partial charge in [0, 0.05) is 17.1 Å². The zero-order valence-corrected chi connectivity index (χ0v) is 13.3. The van der Waals surface area contributed by atoms with Gasteiger partial charge in [0.1, 0.15) is 5.75 Å². The number of nitrogens with two attached hydrogens (primary N) is 1. The molecule has 0 fully saturated rings. The normalized spacial score (nSPS) is 11.8. The molecular weight excluding hydrogens is 320 g/mol. The van der Waals surface area contributed by atoms with E-state index in [1.54, 1.807) is 6.08 Å². The SMILES string of the molecule is C=CCNC(=O)COc1ccc(Br)c(CC(N)CC)c1. The minimum absolute atomic E-state index is 0.00521. The Balaban J connectivity index is 2.60. The van der Waals surface area contributed by atoms with Gasteiger partial charge in [-0.25, -0.2) is 0 Å². The Labute approximate surface area is 128 Å². The molecule has 0 spiro atoms. The van der Waals surface area contributed by atoms with E-state index in [1.807, 2.05) is 18.2 Å². The first kappa shape index (κ1) is 16.7. The van der Waals surface area contributed by atoms with Gasteiger partial charge in [-0.1, -0.05) is 28.9 Å². The van der Waals surface area contributed by atoms with Gasteiger partial charge in [-0.2, -0.15) is 0 Å². The largest absolute Gasteiger partial charge is 0.484 e. The van der Waals surface area contributed by atoms with Crippen molar-refractivity contribution in [2.45, 2.75) is 25.8 Å². The molecule has 1 unspecified atom stereocenters. The lowest BCUT2D eigenvalue weighted by Gasteiger charge is -2.12. The molecular formula is C15H21BrN2O2. The molecule has 0 aromatic heterocycles. The first-order valence-corrected chi connectivity index (χ1v) is 7.40. The maximum Gasteiger partial charge on any atom is 0.258 e. The van der Waals surface area contributed by atoms with E-state index in [0.29, 0.717) is 12.3 Å². The van der Waals surface area contributed by atoms with Crippen molar-refractivity contribution in [3.63, 3.8) is 0 Å². The Kier molecular flexibility index (Phi) is 7.33. The molecule has 4 nitrogen and oxygen atoms in total. The van der Waals surface area contributed by atoms with Crippen LogP contribution in [0.5, 0.6) is 5.75 Å². The van der Waals surface area contributed by atoms with Crippen molar-refractivity contribution >= 4 is 21.8 Å². The summed E-state index contributed by atoms with van der Waals surface area (Å²) in [6, 6.07) is 5.78. The zero-order valence-electron chi connectivity index (χ0n) is 11.7. The van der Waals surface area contributed by atoms with Crippen LogP contribution >= 0.6 is 15.9 Å². The van der Waals surface area contributed by atoms with Gasteiger partial charge in [0.2, 0.25) is 0 Å². The number of ether oxygens (including phenoxy) is 1. The topological polar surface area (TPSA) is 64.3 Å². The number of carbonyl (C=O) groups is 1. The van der Waals surface area contributed by atoms with Crippen molar-refractivity contribution in [1.29, 1.82) is 0 Å². The summed E-state index contributed by atoms with van der Waals surface area (Å²) in [6.07, 6.45) is 3.32. The molecule has 1 amide bonds. The number of amides is 1. The smallest absolute Gasteiger partial charge is 0.258 e. The molecule has 0 aliphatic rings. The Morgan fingerprint density at radius 3 is 3.00 bits per heavy atom. The number of rotatable bonds is 8. The van der Waals surface area contributed by atoms with Crippen molar-refractivity contribution < 1.29 is 9.53 Å². The van der Waals surface area contributed by atoms with Crippen LogP contribution in [0.3, 0.4) is 0 Å². The third kappa shape index (κ3) is 5.75. The number of nitrogens with one attached hydrogen (secondary N) is 1. The first-order chi connectivity index (χ1) is 9.56. The minimum atomic E-state index is -0.167. The molecule has 1 aromatic rings. The van der Waals surface area contributed by atoms with E-state index in [-0.39, 0.29) is 18.6 Å². The van der Waals surface area contributed by atoms with Gasteiger partial charge in [-0.3, -0.25) is 4.79 Å². The summed E-state index contributed by atoms with van der Waals surface area (Å²) in [5.74, 6) is 0.500. The summed E-state index contributed by atoms with van der Waals surface area (Å²) in [7, 11) is 0. The van der Waals surface area contributed by atoms with Crippen molar-refractivity contribution in [3.05, 3.63) is 40.9 Å². The lowest BCUT2D eigenvalue weighted by molar-refractivity contribution is -0.122. The maximum atomic E-state index is 11.4. The van der Waals surface area contributed by atoms with Crippen molar-refractivity contribution in [2.24, 2.45) is 5.73 Å². The summed E-state index contributed by atoms with van der Waals surface area (Å²) >= 11 is 3.50. The quantitative estimate of drug-likeness (QED) is 0.714. The van der Waals surface area contributed by atoms with Gasteiger partial charge >= 0.3 is 0 Å². The predicted molar refractivity (Wildman–Crippen MR) is 84.8 cm³/mol. The zero-order chi connectivity index (χ0) is 15.0. The van der Waals surface area contributed by atoms with Gasteiger partial charge in [0.05, 0.1) is 0 Å². The number of benzene rings is 1. The second-order valence-electron chi connectivity index (χ2n) is 4.51. The van der Waals surface area contributed by atoms with Crippen LogP contribution in [0, 0.1) is 0 Å². The van der Waals surface area contributed by atoms with E-state index in [2.05, 4.69) is 34.7 Å². The summed E-state index contributed by atoms with van der Waals surface area (Å²) in [6.45, 7) is 6.03. The minimum Gasteiger partial charge on any atom is -0.484 e. The Hall–Kier alpha value is -1.33. The van der Waals surface area contributed by atoms with Gasteiger partial charge in [-0.15, -0.1) is 6.58 Å². The molecule has 0 aliphatic heterocycles. The van der Waals surface area contributed by atoms with Gasteiger partial charge in [0.15, 0.2) is 6.61 Å². The van der Waals surface area contributed by atoms with Crippen LogP contribution < -0.4 is 15.8 Å². The molecule has 1 atom stereocenters. The Morgan fingerprint density at radius 1 is 1.60 bits per heavy atom. The highest BCUT2D eigenvalue weighted by molar-refractivity contribution is 9.10. The lowest BCUT2D eigenvalue weighted by atomic mass is 10.0. The third-order valence-corrected chi connectivity index (χ3v) is 3.61. The number of halogens is 1. The van der Waals surface area contributed by atoms with E-state index in [0.717, 1.165) is 22.9 Å². The van der Waals surface area contributed by atoms with Crippen LogP contribution in [0.25, 0.3) is 0 Å². The van der Waals surface area contributed by atoms with Crippen LogP contribution in [0.2, 0.25) is 0 Å². The average molecular weight is 341 g/mol. The molecule has 1 aromatic carbocycles. The van der Waals surface area contributed by atoms with Gasteiger partial charge in [-0.05, 0) is 36.6 Å². The van der Waals surface area contributed by atoms with E-state index < -0.39 is 0 Å². The van der Waals surface area contributed by atoms with Crippen LogP contribution in [-0.4, -0.2) is 25.1 Å². The molecule has 1 rings (SSSR count). The van der Waals surface area contributed by atoms with E-state index in [1.165, 1.54) is 0 Å². The van der Waals surface area contributed by atoms with Crippen molar-refractivity contribution in [3.8, 4) is 5.75 Å². The molecule has 0 heterocycles. The van der Waals surface area contributed by atoms with Gasteiger partial charge < -0.3 is 15.8 Å². The van der Waals surface area contributed by atoms with Crippen molar-refractivity contribution in [2.75, 3.05) is 13.2 Å². The second kappa shape index (κ2) is 8.76. The predicted octanol–water partition coefficient (Wildman–Crippen LogP) is 2.41. The van der Waals surface area contributed by atoms with Crippen LogP contribution in [0.15, 0.2) is 35.3 Å². The highest BCUT2D eigenvalue weighted by atomic mass is 79.9. The van der Waals surface area contributed by atoms with Crippen LogP contribution in [-0.2, 0) is 11.2 Å². The molecule has 110 valence electrons. The van der Waals surface area contributed by atoms with Gasteiger partial charge in [0.25, 0.3) is 5.91 Å². The summed E-state index contributed by atoms with van der Waals surface area (Å²) in [5.41, 5.74) is 7.05. The average Bonchev–Trinajstić information content (AvgIpc) is 2.45. The summed E-state index contributed by atoms with van der Waals surface area (Å²) in [5, 5.41) is 2.66. The number of hydrogen-bond acceptors (Lipinski definition) is 3. The maximum absolute atomic E-state index is 11.4.